The maximum absolute atomic E-state index is 12.5. The average Bonchev–Trinajstić information content (AvgIpc) is 3.20. The van der Waals surface area contributed by atoms with Crippen LogP contribution in [0.15, 0.2) is 59.7 Å². The lowest BCUT2D eigenvalue weighted by Gasteiger charge is -2.18. The minimum Gasteiger partial charge on any atom is -0.380 e. The van der Waals surface area contributed by atoms with Gasteiger partial charge in [0.2, 0.25) is 5.91 Å². The third-order valence-corrected chi connectivity index (χ3v) is 5.04. The van der Waals surface area contributed by atoms with Crippen molar-refractivity contribution in [2.45, 2.75) is 19.1 Å². The van der Waals surface area contributed by atoms with Crippen molar-refractivity contribution in [3.63, 3.8) is 0 Å². The molecule has 0 aliphatic carbocycles. The Balaban J connectivity index is 1.41. The number of hydrogen-bond donors (Lipinski definition) is 1. The van der Waals surface area contributed by atoms with Crippen LogP contribution >= 0.6 is 0 Å². The second kappa shape index (κ2) is 7.82. The summed E-state index contributed by atoms with van der Waals surface area (Å²) in [4.78, 5) is 31.4. The van der Waals surface area contributed by atoms with Gasteiger partial charge in [0.25, 0.3) is 5.56 Å². The molecule has 144 valence electrons. The standard InChI is InChI=1S/C21H22N4O3/c1-28-17-10-11-24(12-17)16-8-6-15(7-9-16)23-20(26)13-25-14-22-19-5-3-2-4-18(19)21(25)27/h2-9,14,17H,10-13H2,1H3,(H,23,26). The molecule has 0 saturated carbocycles. The fourth-order valence-corrected chi connectivity index (χ4v) is 3.48. The molecule has 2 heterocycles. The van der Waals surface area contributed by atoms with Crippen LogP contribution in [0.5, 0.6) is 0 Å². The van der Waals surface area contributed by atoms with Crippen molar-refractivity contribution < 1.29 is 9.53 Å². The normalized spacial score (nSPS) is 16.5. The van der Waals surface area contributed by atoms with Crippen LogP contribution in [0, 0.1) is 0 Å². The molecule has 0 radical (unpaired) electrons. The number of fused-ring (bicyclic) bond motifs is 1. The summed E-state index contributed by atoms with van der Waals surface area (Å²) in [5, 5.41) is 3.34. The Morgan fingerprint density at radius 3 is 2.75 bits per heavy atom. The van der Waals surface area contributed by atoms with Gasteiger partial charge >= 0.3 is 0 Å². The monoisotopic (exact) mass is 378 g/mol. The van der Waals surface area contributed by atoms with Gasteiger partial charge in [-0.05, 0) is 42.8 Å². The van der Waals surface area contributed by atoms with E-state index in [9.17, 15) is 9.59 Å². The molecule has 3 aromatic rings. The number of aromatic nitrogens is 2. The molecule has 1 unspecified atom stereocenters. The number of carbonyl (C=O) groups excluding carboxylic acids is 1. The van der Waals surface area contributed by atoms with Gasteiger partial charge in [0.05, 0.1) is 23.3 Å². The molecule has 1 atom stereocenters. The Labute approximate surface area is 162 Å². The molecule has 0 spiro atoms. The Morgan fingerprint density at radius 1 is 1.21 bits per heavy atom. The average molecular weight is 378 g/mol. The molecule has 2 aromatic carbocycles. The van der Waals surface area contributed by atoms with Crippen molar-refractivity contribution in [3.05, 3.63) is 65.2 Å². The van der Waals surface area contributed by atoms with E-state index in [4.69, 9.17) is 4.74 Å². The van der Waals surface area contributed by atoms with Crippen LogP contribution in [0.3, 0.4) is 0 Å². The fourth-order valence-electron chi connectivity index (χ4n) is 3.48. The SMILES string of the molecule is COC1CCN(c2ccc(NC(=O)Cn3cnc4ccccc4c3=O)cc2)C1. The molecule has 1 aromatic heterocycles. The largest absolute Gasteiger partial charge is 0.380 e. The number of anilines is 2. The summed E-state index contributed by atoms with van der Waals surface area (Å²) in [5.74, 6) is -0.271. The number of nitrogens with zero attached hydrogens (tertiary/aromatic N) is 3. The molecule has 1 fully saturated rings. The first-order valence-corrected chi connectivity index (χ1v) is 9.26. The summed E-state index contributed by atoms with van der Waals surface area (Å²) in [6, 6.07) is 14.8. The van der Waals surface area contributed by atoms with Gasteiger partial charge in [-0.3, -0.25) is 14.2 Å². The van der Waals surface area contributed by atoms with Gasteiger partial charge in [-0.1, -0.05) is 12.1 Å². The summed E-state index contributed by atoms with van der Waals surface area (Å²) in [7, 11) is 1.74. The Morgan fingerprint density at radius 2 is 2.00 bits per heavy atom. The van der Waals surface area contributed by atoms with Crippen LogP contribution in [0.1, 0.15) is 6.42 Å². The highest BCUT2D eigenvalue weighted by molar-refractivity contribution is 5.91. The van der Waals surface area contributed by atoms with Gasteiger partial charge in [0.1, 0.15) is 6.54 Å². The fraction of sp³-hybridized carbons (Fsp3) is 0.286. The summed E-state index contributed by atoms with van der Waals surface area (Å²) < 4.78 is 6.72. The lowest BCUT2D eigenvalue weighted by atomic mass is 10.2. The molecule has 4 rings (SSSR count). The number of amides is 1. The molecule has 0 bridgehead atoms. The Kier molecular flexibility index (Phi) is 5.08. The second-order valence-corrected chi connectivity index (χ2v) is 6.88. The highest BCUT2D eigenvalue weighted by Crippen LogP contribution is 2.23. The minimum atomic E-state index is -0.271. The molecule has 1 aliphatic heterocycles. The van der Waals surface area contributed by atoms with Gasteiger partial charge in [0.15, 0.2) is 0 Å². The van der Waals surface area contributed by atoms with E-state index in [0.717, 1.165) is 25.2 Å². The molecule has 1 saturated heterocycles. The number of ether oxygens (including phenoxy) is 1. The van der Waals surface area contributed by atoms with Gasteiger partial charge in [0, 0.05) is 31.6 Å². The summed E-state index contributed by atoms with van der Waals surface area (Å²) >= 11 is 0. The van der Waals surface area contributed by atoms with E-state index in [1.807, 2.05) is 30.3 Å². The lowest BCUT2D eigenvalue weighted by Crippen LogP contribution is -2.28. The van der Waals surface area contributed by atoms with E-state index in [2.05, 4.69) is 15.2 Å². The first kappa shape index (κ1) is 18.2. The van der Waals surface area contributed by atoms with Gasteiger partial charge < -0.3 is 15.0 Å². The van der Waals surface area contributed by atoms with Crippen LogP contribution in [-0.4, -0.2) is 41.8 Å². The van der Waals surface area contributed by atoms with Crippen LogP contribution in [0.4, 0.5) is 11.4 Å². The Hall–Kier alpha value is -3.19. The van der Waals surface area contributed by atoms with E-state index in [1.165, 1.54) is 10.9 Å². The lowest BCUT2D eigenvalue weighted by molar-refractivity contribution is -0.116. The smallest absolute Gasteiger partial charge is 0.261 e. The predicted octanol–water partition coefficient (Wildman–Crippen LogP) is 2.26. The van der Waals surface area contributed by atoms with Crippen molar-refractivity contribution in [1.82, 2.24) is 9.55 Å². The maximum atomic E-state index is 12.5. The van der Waals surface area contributed by atoms with Gasteiger partial charge in [-0.2, -0.15) is 0 Å². The van der Waals surface area contributed by atoms with Crippen molar-refractivity contribution in [2.75, 3.05) is 30.4 Å². The van der Waals surface area contributed by atoms with E-state index in [-0.39, 0.29) is 24.1 Å². The molecular formula is C21H22N4O3. The minimum absolute atomic E-state index is 0.0833. The number of nitrogens with one attached hydrogen (secondary N) is 1. The summed E-state index contributed by atoms with van der Waals surface area (Å²) in [6.07, 6.45) is 2.70. The van der Waals surface area contributed by atoms with E-state index in [0.29, 0.717) is 16.6 Å². The van der Waals surface area contributed by atoms with Crippen molar-refractivity contribution in [1.29, 1.82) is 0 Å². The molecule has 7 heteroatoms. The molecule has 28 heavy (non-hydrogen) atoms. The summed E-state index contributed by atoms with van der Waals surface area (Å²) in [6.45, 7) is 1.75. The van der Waals surface area contributed by atoms with Crippen LogP contribution in [-0.2, 0) is 16.1 Å². The predicted molar refractivity (Wildman–Crippen MR) is 109 cm³/mol. The zero-order valence-corrected chi connectivity index (χ0v) is 15.7. The highest BCUT2D eigenvalue weighted by atomic mass is 16.5. The van der Waals surface area contributed by atoms with Crippen LogP contribution in [0.2, 0.25) is 0 Å². The van der Waals surface area contributed by atoms with Crippen molar-refractivity contribution in [2.24, 2.45) is 0 Å². The van der Waals surface area contributed by atoms with Gasteiger partial charge in [-0.15, -0.1) is 0 Å². The zero-order chi connectivity index (χ0) is 19.5. The van der Waals surface area contributed by atoms with Crippen molar-refractivity contribution >= 4 is 28.2 Å². The van der Waals surface area contributed by atoms with Gasteiger partial charge in [-0.25, -0.2) is 4.98 Å². The van der Waals surface area contributed by atoms with Crippen LogP contribution in [0.25, 0.3) is 10.9 Å². The zero-order valence-electron chi connectivity index (χ0n) is 15.7. The van der Waals surface area contributed by atoms with Crippen molar-refractivity contribution in [3.8, 4) is 0 Å². The molecule has 1 N–H and O–H groups in total. The number of para-hydroxylation sites is 1. The molecular weight excluding hydrogens is 356 g/mol. The Bertz CT molecular complexity index is 1050. The molecule has 1 aliphatic rings. The third kappa shape index (κ3) is 3.75. The van der Waals surface area contributed by atoms with E-state index in [1.54, 1.807) is 25.3 Å². The number of benzene rings is 2. The molecule has 1 amide bonds. The van der Waals surface area contributed by atoms with E-state index < -0.39 is 0 Å². The first-order chi connectivity index (χ1) is 13.6. The quantitative estimate of drug-likeness (QED) is 0.737. The third-order valence-electron chi connectivity index (χ3n) is 5.04. The summed E-state index contributed by atoms with van der Waals surface area (Å²) in [5.41, 5.74) is 2.20. The second-order valence-electron chi connectivity index (χ2n) is 6.88. The first-order valence-electron chi connectivity index (χ1n) is 9.26. The number of methoxy groups -OCH3 is 1. The number of carbonyl (C=O) groups is 1. The van der Waals surface area contributed by atoms with Crippen LogP contribution < -0.4 is 15.8 Å². The van der Waals surface area contributed by atoms with E-state index >= 15 is 0 Å². The maximum Gasteiger partial charge on any atom is 0.261 e. The highest BCUT2D eigenvalue weighted by Gasteiger charge is 2.22. The number of hydrogen-bond acceptors (Lipinski definition) is 5. The number of rotatable bonds is 5. The molecule has 7 nitrogen and oxygen atoms in total. The topological polar surface area (TPSA) is 76.5 Å².